The van der Waals surface area contributed by atoms with Gasteiger partial charge in [0.2, 0.25) is 0 Å². The first kappa shape index (κ1) is 25.4. The lowest BCUT2D eigenvalue weighted by Gasteiger charge is -2.23. The van der Waals surface area contributed by atoms with Gasteiger partial charge in [-0.05, 0) is 47.4 Å². The zero-order chi connectivity index (χ0) is 26.0. The molecule has 0 saturated heterocycles. The van der Waals surface area contributed by atoms with E-state index in [0.29, 0.717) is 24.4 Å². The van der Waals surface area contributed by atoms with Crippen molar-refractivity contribution in [2.45, 2.75) is 23.7 Å². The Balaban J connectivity index is 1.26. The van der Waals surface area contributed by atoms with E-state index in [9.17, 15) is 4.79 Å². The summed E-state index contributed by atoms with van der Waals surface area (Å²) in [6, 6.07) is 42.5. The van der Waals surface area contributed by atoms with Crippen molar-refractivity contribution in [1.82, 2.24) is 15.1 Å². The second kappa shape index (κ2) is 12.8. The number of nitrogens with zero attached hydrogens (tertiary/aromatic N) is 3. The number of thioether (sulfide) groups is 1. The molecule has 4 aromatic carbocycles. The van der Waals surface area contributed by atoms with Gasteiger partial charge < -0.3 is 4.90 Å². The zero-order valence-corrected chi connectivity index (χ0v) is 21.9. The maximum Gasteiger partial charge on any atom is 0.254 e. The predicted octanol–water partition coefficient (Wildman–Crippen LogP) is 7.32. The van der Waals surface area contributed by atoms with E-state index < -0.39 is 0 Å². The quantitative estimate of drug-likeness (QED) is 0.183. The number of hydrogen-bond donors (Lipinski definition) is 0. The Bertz CT molecular complexity index is 1440. The minimum atomic E-state index is 0.0450. The highest BCUT2D eigenvalue weighted by Crippen LogP contribution is 2.24. The summed E-state index contributed by atoms with van der Waals surface area (Å²) in [6.07, 6.45) is 0.812. The fraction of sp³-hybridized carbons (Fsp3) is 0.121. The average Bonchev–Trinajstić information content (AvgIpc) is 3.00. The van der Waals surface area contributed by atoms with Crippen LogP contribution in [-0.4, -0.2) is 27.5 Å². The van der Waals surface area contributed by atoms with Gasteiger partial charge in [-0.25, -0.2) is 0 Å². The topological polar surface area (TPSA) is 46.1 Å². The van der Waals surface area contributed by atoms with Crippen molar-refractivity contribution in [1.29, 1.82) is 0 Å². The zero-order valence-electron chi connectivity index (χ0n) is 21.1. The molecule has 1 amide bonds. The molecule has 0 spiro atoms. The molecule has 0 bridgehead atoms. The Hall–Kier alpha value is -4.22. The third-order valence-corrected chi connectivity index (χ3v) is 7.28. The monoisotopic (exact) mass is 515 g/mol. The summed E-state index contributed by atoms with van der Waals surface area (Å²) in [7, 11) is 0. The van der Waals surface area contributed by atoms with E-state index >= 15 is 0 Å². The van der Waals surface area contributed by atoms with E-state index in [4.69, 9.17) is 0 Å². The minimum Gasteiger partial charge on any atom is -0.334 e. The van der Waals surface area contributed by atoms with Crippen LogP contribution in [0.3, 0.4) is 0 Å². The van der Waals surface area contributed by atoms with Gasteiger partial charge in [-0.3, -0.25) is 4.79 Å². The third kappa shape index (κ3) is 6.96. The predicted molar refractivity (Wildman–Crippen MR) is 155 cm³/mol. The lowest BCUT2D eigenvalue weighted by molar-refractivity contribution is 0.0745. The normalized spacial score (nSPS) is 10.7. The molecular weight excluding hydrogens is 486 g/mol. The lowest BCUT2D eigenvalue weighted by Crippen LogP contribution is -2.32. The van der Waals surface area contributed by atoms with Crippen molar-refractivity contribution in [3.63, 3.8) is 0 Å². The second-order valence-electron chi connectivity index (χ2n) is 9.06. The van der Waals surface area contributed by atoms with Gasteiger partial charge in [-0.15, -0.1) is 10.2 Å². The van der Waals surface area contributed by atoms with Crippen LogP contribution in [0.1, 0.15) is 27.0 Å². The molecule has 0 unspecified atom stereocenters. The summed E-state index contributed by atoms with van der Waals surface area (Å²) in [5.41, 5.74) is 6.04. The standard InChI is InChI=1S/C33H29N3OS/c37-33(36(24-27-13-6-2-7-14-27)22-21-26-11-4-1-5-12-26)30-18-10-15-28(23-30)25-38-32-20-19-31(34-35-32)29-16-8-3-9-17-29/h1-20,23H,21-22,24-25H2. The van der Waals surface area contributed by atoms with E-state index in [0.717, 1.165) is 33.8 Å². The van der Waals surface area contributed by atoms with Crippen molar-refractivity contribution in [2.75, 3.05) is 6.54 Å². The van der Waals surface area contributed by atoms with Crippen LogP contribution in [0.2, 0.25) is 0 Å². The number of hydrogen-bond acceptors (Lipinski definition) is 4. The number of carbonyl (C=O) groups is 1. The molecule has 38 heavy (non-hydrogen) atoms. The van der Waals surface area contributed by atoms with Crippen LogP contribution < -0.4 is 0 Å². The smallest absolute Gasteiger partial charge is 0.254 e. The Morgan fingerprint density at radius 1 is 0.658 bits per heavy atom. The van der Waals surface area contributed by atoms with Gasteiger partial charge in [-0.2, -0.15) is 0 Å². The van der Waals surface area contributed by atoms with E-state index in [2.05, 4.69) is 40.5 Å². The number of amides is 1. The molecule has 1 heterocycles. The lowest BCUT2D eigenvalue weighted by atomic mass is 10.1. The van der Waals surface area contributed by atoms with Crippen molar-refractivity contribution < 1.29 is 4.79 Å². The van der Waals surface area contributed by atoms with Crippen molar-refractivity contribution in [2.24, 2.45) is 0 Å². The molecule has 0 aliphatic heterocycles. The van der Waals surface area contributed by atoms with Crippen LogP contribution in [0.25, 0.3) is 11.3 Å². The maximum atomic E-state index is 13.7. The van der Waals surface area contributed by atoms with Crippen LogP contribution in [0.4, 0.5) is 0 Å². The van der Waals surface area contributed by atoms with Crippen molar-refractivity contribution in [3.8, 4) is 11.3 Å². The highest BCUT2D eigenvalue weighted by atomic mass is 32.2. The Morgan fingerprint density at radius 2 is 1.32 bits per heavy atom. The first-order chi connectivity index (χ1) is 18.7. The highest BCUT2D eigenvalue weighted by molar-refractivity contribution is 7.98. The highest BCUT2D eigenvalue weighted by Gasteiger charge is 2.17. The fourth-order valence-corrected chi connectivity index (χ4v) is 5.02. The second-order valence-corrected chi connectivity index (χ2v) is 10.1. The minimum absolute atomic E-state index is 0.0450. The molecule has 188 valence electrons. The average molecular weight is 516 g/mol. The summed E-state index contributed by atoms with van der Waals surface area (Å²) < 4.78 is 0. The number of benzene rings is 4. The number of aromatic nitrogens is 2. The Morgan fingerprint density at radius 3 is 2.00 bits per heavy atom. The van der Waals surface area contributed by atoms with Crippen LogP contribution >= 0.6 is 11.8 Å². The molecule has 5 heteroatoms. The van der Waals surface area contributed by atoms with Gasteiger partial charge >= 0.3 is 0 Å². The summed E-state index contributed by atoms with van der Waals surface area (Å²) >= 11 is 1.62. The van der Waals surface area contributed by atoms with Gasteiger partial charge in [0.1, 0.15) is 5.03 Å². The van der Waals surface area contributed by atoms with Gasteiger partial charge in [0.15, 0.2) is 0 Å². The van der Waals surface area contributed by atoms with Gasteiger partial charge in [0.05, 0.1) is 5.69 Å². The largest absolute Gasteiger partial charge is 0.334 e. The molecule has 0 N–H and O–H groups in total. The van der Waals surface area contributed by atoms with Gasteiger partial charge in [-0.1, -0.05) is 115 Å². The molecule has 0 aliphatic rings. The fourth-order valence-electron chi connectivity index (χ4n) is 4.26. The van der Waals surface area contributed by atoms with Crippen LogP contribution in [-0.2, 0) is 18.7 Å². The SMILES string of the molecule is O=C(c1cccc(CSc2ccc(-c3ccccc3)nn2)c1)N(CCc1ccccc1)Cc1ccccc1. The number of rotatable bonds is 10. The molecule has 4 nitrogen and oxygen atoms in total. The summed E-state index contributed by atoms with van der Waals surface area (Å²) in [5.74, 6) is 0.757. The Labute approximate surface area is 228 Å². The molecule has 5 aromatic rings. The van der Waals surface area contributed by atoms with Crippen LogP contribution in [0, 0.1) is 0 Å². The van der Waals surface area contributed by atoms with Gasteiger partial charge in [0, 0.05) is 30.0 Å². The Kier molecular flexibility index (Phi) is 8.59. The third-order valence-electron chi connectivity index (χ3n) is 6.29. The summed E-state index contributed by atoms with van der Waals surface area (Å²) in [5, 5.41) is 9.63. The van der Waals surface area contributed by atoms with E-state index in [1.165, 1.54) is 5.56 Å². The molecule has 0 fully saturated rings. The molecule has 1 aromatic heterocycles. The maximum absolute atomic E-state index is 13.7. The van der Waals surface area contributed by atoms with Crippen molar-refractivity contribution in [3.05, 3.63) is 150 Å². The molecular formula is C33H29N3OS. The first-order valence-corrected chi connectivity index (χ1v) is 13.7. The molecule has 0 saturated carbocycles. The van der Waals surface area contributed by atoms with Crippen LogP contribution in [0.5, 0.6) is 0 Å². The van der Waals surface area contributed by atoms with Crippen molar-refractivity contribution >= 4 is 17.7 Å². The van der Waals surface area contributed by atoms with Crippen LogP contribution in [0.15, 0.2) is 132 Å². The summed E-state index contributed by atoms with van der Waals surface area (Å²) in [4.78, 5) is 15.6. The molecule has 0 aliphatic carbocycles. The molecule has 0 radical (unpaired) electrons. The van der Waals surface area contributed by atoms with Gasteiger partial charge in [0.25, 0.3) is 5.91 Å². The molecule has 0 atom stereocenters. The van der Waals surface area contributed by atoms with E-state index in [1.54, 1.807) is 11.8 Å². The number of carbonyl (C=O) groups excluding carboxylic acids is 1. The first-order valence-electron chi connectivity index (χ1n) is 12.7. The van der Waals surface area contributed by atoms with E-state index in [-0.39, 0.29) is 5.91 Å². The molecule has 5 rings (SSSR count). The van der Waals surface area contributed by atoms with E-state index in [1.807, 2.05) is 102 Å². The summed E-state index contributed by atoms with van der Waals surface area (Å²) in [6.45, 7) is 1.23.